The Hall–Kier alpha value is -2.64. The molecule has 0 atom stereocenters. The summed E-state index contributed by atoms with van der Waals surface area (Å²) in [6.45, 7) is 0. The molecule has 0 aliphatic heterocycles. The molecule has 2 rings (SSSR count). The number of aryl methyl sites for hydroxylation is 1. The zero-order chi connectivity index (χ0) is 12.4. The number of nitrogens with one attached hydrogen (secondary N) is 1. The average Bonchev–Trinajstić information content (AvgIpc) is 2.63. The van der Waals surface area contributed by atoms with E-state index in [0.717, 1.165) is 0 Å². The summed E-state index contributed by atoms with van der Waals surface area (Å²) in [5.74, 6) is -1.38. The molecule has 0 fully saturated rings. The average molecular weight is 235 g/mol. The second-order valence-corrected chi connectivity index (χ2v) is 3.23. The van der Waals surface area contributed by atoms with Gasteiger partial charge in [-0.2, -0.15) is 4.80 Å². The fraction of sp³-hybridized carbons (Fsp3) is 0.111. The molecule has 0 saturated heterocycles. The van der Waals surface area contributed by atoms with Crippen LogP contribution < -0.4 is 5.32 Å². The molecule has 0 aliphatic rings. The monoisotopic (exact) mass is 235 g/mol. The van der Waals surface area contributed by atoms with Crippen molar-refractivity contribution in [3.8, 4) is 11.5 Å². The minimum Gasteiger partial charge on any atom is -0.507 e. The summed E-state index contributed by atoms with van der Waals surface area (Å²) in [4.78, 5) is 12.9. The number of amides is 1. The molecule has 1 aromatic carbocycles. The SMILES string of the molecule is Cn1nnc(NC(=O)c2c(O)cccc2O)n1. The van der Waals surface area contributed by atoms with Gasteiger partial charge in [-0.25, -0.2) is 0 Å². The maximum atomic E-state index is 11.7. The number of aromatic hydroxyl groups is 2. The van der Waals surface area contributed by atoms with Gasteiger partial charge in [-0.1, -0.05) is 11.2 Å². The Morgan fingerprint density at radius 2 is 2.00 bits per heavy atom. The van der Waals surface area contributed by atoms with Crippen molar-refractivity contribution in [2.24, 2.45) is 7.05 Å². The molecule has 1 heterocycles. The number of carbonyl (C=O) groups is 1. The Labute approximate surface area is 95.5 Å². The van der Waals surface area contributed by atoms with E-state index in [9.17, 15) is 15.0 Å². The van der Waals surface area contributed by atoms with Crippen LogP contribution in [0.2, 0.25) is 0 Å². The highest BCUT2D eigenvalue weighted by molar-refractivity contribution is 6.07. The third-order valence-electron chi connectivity index (χ3n) is 1.98. The van der Waals surface area contributed by atoms with Crippen LogP contribution in [0.4, 0.5) is 5.95 Å². The number of anilines is 1. The summed E-state index contributed by atoms with van der Waals surface area (Å²) in [5.41, 5.74) is -0.236. The second kappa shape index (κ2) is 4.08. The van der Waals surface area contributed by atoms with Gasteiger partial charge < -0.3 is 10.2 Å². The van der Waals surface area contributed by atoms with E-state index in [4.69, 9.17) is 0 Å². The number of benzene rings is 1. The quantitative estimate of drug-likeness (QED) is 0.668. The molecule has 3 N–H and O–H groups in total. The number of tetrazole rings is 1. The highest BCUT2D eigenvalue weighted by atomic mass is 16.3. The topological polar surface area (TPSA) is 113 Å². The summed E-state index contributed by atoms with van der Waals surface area (Å²) >= 11 is 0. The maximum absolute atomic E-state index is 11.7. The maximum Gasteiger partial charge on any atom is 0.270 e. The van der Waals surface area contributed by atoms with Crippen molar-refractivity contribution in [2.45, 2.75) is 0 Å². The first-order chi connectivity index (χ1) is 8.08. The molecule has 0 bridgehead atoms. The van der Waals surface area contributed by atoms with Crippen molar-refractivity contribution in [3.63, 3.8) is 0 Å². The van der Waals surface area contributed by atoms with Crippen LogP contribution >= 0.6 is 0 Å². The Balaban J connectivity index is 2.26. The first kappa shape index (κ1) is 10.9. The molecule has 88 valence electrons. The van der Waals surface area contributed by atoms with E-state index in [1.165, 1.54) is 23.0 Å². The molecular weight excluding hydrogens is 226 g/mol. The van der Waals surface area contributed by atoms with Crippen molar-refractivity contribution in [1.82, 2.24) is 20.2 Å². The number of rotatable bonds is 2. The highest BCUT2D eigenvalue weighted by Gasteiger charge is 2.17. The van der Waals surface area contributed by atoms with Gasteiger partial charge in [-0.05, 0) is 17.3 Å². The molecule has 8 nitrogen and oxygen atoms in total. The Morgan fingerprint density at radius 1 is 1.35 bits per heavy atom. The lowest BCUT2D eigenvalue weighted by Gasteiger charge is -2.05. The third kappa shape index (κ3) is 2.14. The lowest BCUT2D eigenvalue weighted by atomic mass is 10.1. The molecular formula is C9H9N5O3. The van der Waals surface area contributed by atoms with E-state index in [-0.39, 0.29) is 23.0 Å². The molecule has 0 spiro atoms. The van der Waals surface area contributed by atoms with Gasteiger partial charge in [0.15, 0.2) is 0 Å². The van der Waals surface area contributed by atoms with E-state index in [2.05, 4.69) is 20.7 Å². The number of hydrogen-bond donors (Lipinski definition) is 3. The zero-order valence-corrected chi connectivity index (χ0v) is 8.82. The highest BCUT2D eigenvalue weighted by Crippen LogP contribution is 2.26. The molecule has 0 saturated carbocycles. The molecule has 2 aromatic rings. The standard InChI is InChI=1S/C9H9N5O3/c1-14-12-9(11-13-14)10-8(17)7-5(15)3-2-4-6(7)16/h2-4,15-16H,1H3,(H,10,12,17). The molecule has 0 unspecified atom stereocenters. The van der Waals surface area contributed by atoms with E-state index in [1.54, 1.807) is 7.05 Å². The summed E-state index contributed by atoms with van der Waals surface area (Å²) in [6.07, 6.45) is 0. The summed E-state index contributed by atoms with van der Waals surface area (Å²) in [5, 5.41) is 32.0. The lowest BCUT2D eigenvalue weighted by Crippen LogP contribution is -2.13. The smallest absolute Gasteiger partial charge is 0.270 e. The third-order valence-corrected chi connectivity index (χ3v) is 1.98. The Kier molecular flexibility index (Phi) is 2.61. The van der Waals surface area contributed by atoms with Crippen LogP contribution in [0, 0.1) is 0 Å². The van der Waals surface area contributed by atoms with Crippen LogP contribution in [0.25, 0.3) is 0 Å². The van der Waals surface area contributed by atoms with Crippen molar-refractivity contribution >= 4 is 11.9 Å². The number of carbonyl (C=O) groups excluding carboxylic acids is 1. The van der Waals surface area contributed by atoms with Crippen LogP contribution in [0.15, 0.2) is 18.2 Å². The zero-order valence-electron chi connectivity index (χ0n) is 8.82. The lowest BCUT2D eigenvalue weighted by molar-refractivity contribution is 0.102. The van der Waals surface area contributed by atoms with Crippen LogP contribution in [-0.2, 0) is 7.05 Å². The predicted molar refractivity (Wildman–Crippen MR) is 56.5 cm³/mol. The summed E-state index contributed by atoms with van der Waals surface area (Å²) in [6, 6.07) is 4.00. The van der Waals surface area contributed by atoms with Crippen molar-refractivity contribution in [1.29, 1.82) is 0 Å². The molecule has 17 heavy (non-hydrogen) atoms. The molecule has 8 heteroatoms. The fourth-order valence-electron chi connectivity index (χ4n) is 1.26. The number of aromatic nitrogens is 4. The molecule has 1 amide bonds. The van der Waals surface area contributed by atoms with Gasteiger partial charge in [-0.15, -0.1) is 5.10 Å². The predicted octanol–water partition coefficient (Wildman–Crippen LogP) is -0.126. The number of hydrogen-bond acceptors (Lipinski definition) is 6. The first-order valence-electron chi connectivity index (χ1n) is 4.64. The van der Waals surface area contributed by atoms with Gasteiger partial charge in [0, 0.05) is 0 Å². The molecule has 0 aliphatic carbocycles. The van der Waals surface area contributed by atoms with Gasteiger partial charge in [-0.3, -0.25) is 10.1 Å². The Bertz CT molecular complexity index is 545. The van der Waals surface area contributed by atoms with Crippen molar-refractivity contribution < 1.29 is 15.0 Å². The van der Waals surface area contributed by atoms with Crippen LogP contribution in [0.1, 0.15) is 10.4 Å². The number of nitrogens with zero attached hydrogens (tertiary/aromatic N) is 4. The molecule has 1 aromatic heterocycles. The van der Waals surface area contributed by atoms with Gasteiger partial charge in [0.2, 0.25) is 0 Å². The van der Waals surface area contributed by atoms with Crippen LogP contribution in [-0.4, -0.2) is 36.3 Å². The summed E-state index contributed by atoms with van der Waals surface area (Å²) in [7, 11) is 1.54. The van der Waals surface area contributed by atoms with Gasteiger partial charge in [0.1, 0.15) is 17.1 Å². The van der Waals surface area contributed by atoms with Gasteiger partial charge in [0.05, 0.1) is 7.05 Å². The fourth-order valence-corrected chi connectivity index (χ4v) is 1.26. The van der Waals surface area contributed by atoms with Crippen molar-refractivity contribution in [2.75, 3.05) is 5.32 Å². The van der Waals surface area contributed by atoms with E-state index < -0.39 is 5.91 Å². The van der Waals surface area contributed by atoms with E-state index in [0.29, 0.717) is 0 Å². The van der Waals surface area contributed by atoms with Crippen LogP contribution in [0.3, 0.4) is 0 Å². The van der Waals surface area contributed by atoms with Crippen molar-refractivity contribution in [3.05, 3.63) is 23.8 Å². The van der Waals surface area contributed by atoms with Crippen LogP contribution in [0.5, 0.6) is 11.5 Å². The summed E-state index contributed by atoms with van der Waals surface area (Å²) < 4.78 is 0. The minimum atomic E-state index is -0.714. The number of phenols is 2. The normalized spacial score (nSPS) is 10.2. The van der Waals surface area contributed by atoms with E-state index >= 15 is 0 Å². The Morgan fingerprint density at radius 3 is 2.53 bits per heavy atom. The van der Waals surface area contributed by atoms with Gasteiger partial charge >= 0.3 is 0 Å². The first-order valence-corrected chi connectivity index (χ1v) is 4.64. The second-order valence-electron chi connectivity index (χ2n) is 3.23. The largest absolute Gasteiger partial charge is 0.507 e. The number of phenolic OH excluding ortho intramolecular Hbond substituents is 2. The van der Waals surface area contributed by atoms with E-state index in [1.807, 2.05) is 0 Å². The van der Waals surface area contributed by atoms with Gasteiger partial charge in [0.25, 0.3) is 11.9 Å². The minimum absolute atomic E-state index is 0.0137. The molecule has 0 radical (unpaired) electrons.